The zero-order valence-corrected chi connectivity index (χ0v) is 15.6. The second kappa shape index (κ2) is 7.09. The molecule has 0 amide bonds. The standard InChI is InChI=1S/C18H23N3O4S/c1-24-10-9-17-19-18(25-20-17)13-11-14-7-8-15(12-13)21(14)26(22,23)16-5-3-2-4-6-16/h2-6,13-15H,7-12H2,1H3/t13?,14-,15+. The number of hydrogen-bond acceptors (Lipinski definition) is 6. The van der Waals surface area contributed by atoms with E-state index in [0.29, 0.717) is 29.6 Å². The summed E-state index contributed by atoms with van der Waals surface area (Å²) in [5.74, 6) is 1.40. The van der Waals surface area contributed by atoms with E-state index in [2.05, 4.69) is 10.1 Å². The van der Waals surface area contributed by atoms with Gasteiger partial charge in [0.1, 0.15) is 0 Å². The molecular weight excluding hydrogens is 354 g/mol. The zero-order chi connectivity index (χ0) is 18.1. The Balaban J connectivity index is 1.52. The van der Waals surface area contributed by atoms with Gasteiger partial charge >= 0.3 is 0 Å². The first-order valence-corrected chi connectivity index (χ1v) is 10.4. The van der Waals surface area contributed by atoms with Gasteiger partial charge in [-0.05, 0) is 37.8 Å². The molecule has 0 saturated carbocycles. The maximum atomic E-state index is 13.1. The van der Waals surface area contributed by atoms with Crippen molar-refractivity contribution in [1.82, 2.24) is 14.4 Å². The van der Waals surface area contributed by atoms with Crippen molar-refractivity contribution in [2.24, 2.45) is 0 Å². The summed E-state index contributed by atoms with van der Waals surface area (Å²) in [4.78, 5) is 4.86. The van der Waals surface area contributed by atoms with Gasteiger partial charge in [-0.3, -0.25) is 0 Å². The minimum absolute atomic E-state index is 0.00159. The lowest BCUT2D eigenvalue weighted by Crippen LogP contribution is -2.45. The Morgan fingerprint density at radius 1 is 1.19 bits per heavy atom. The van der Waals surface area contributed by atoms with Gasteiger partial charge in [0.25, 0.3) is 0 Å². The average molecular weight is 377 g/mol. The molecule has 3 atom stereocenters. The first kappa shape index (κ1) is 17.6. The summed E-state index contributed by atoms with van der Waals surface area (Å²) in [5.41, 5.74) is 0. The van der Waals surface area contributed by atoms with Gasteiger partial charge in [0.15, 0.2) is 5.82 Å². The van der Waals surface area contributed by atoms with Crippen molar-refractivity contribution < 1.29 is 17.7 Å². The molecule has 1 aromatic heterocycles. The predicted molar refractivity (Wildman–Crippen MR) is 94.1 cm³/mol. The number of fused-ring (bicyclic) bond motifs is 2. The summed E-state index contributed by atoms with van der Waals surface area (Å²) in [6.07, 6.45) is 3.85. The van der Waals surface area contributed by atoms with Crippen molar-refractivity contribution in [1.29, 1.82) is 0 Å². The molecule has 140 valence electrons. The van der Waals surface area contributed by atoms with Crippen LogP contribution in [0.2, 0.25) is 0 Å². The van der Waals surface area contributed by atoms with Crippen LogP contribution < -0.4 is 0 Å². The van der Waals surface area contributed by atoms with Crippen LogP contribution in [0.1, 0.15) is 43.3 Å². The van der Waals surface area contributed by atoms with Crippen LogP contribution in [-0.2, 0) is 21.2 Å². The van der Waals surface area contributed by atoms with Crippen LogP contribution >= 0.6 is 0 Å². The van der Waals surface area contributed by atoms with Crippen molar-refractivity contribution in [3.63, 3.8) is 0 Å². The maximum Gasteiger partial charge on any atom is 0.243 e. The number of nitrogens with zero attached hydrogens (tertiary/aromatic N) is 3. The Hall–Kier alpha value is -1.77. The van der Waals surface area contributed by atoms with Gasteiger partial charge in [0.2, 0.25) is 15.9 Å². The minimum atomic E-state index is -3.46. The fourth-order valence-electron chi connectivity index (χ4n) is 4.17. The van der Waals surface area contributed by atoms with Crippen molar-refractivity contribution in [3.05, 3.63) is 42.0 Å². The second-order valence-electron chi connectivity index (χ2n) is 6.99. The van der Waals surface area contributed by atoms with Crippen LogP contribution in [0.25, 0.3) is 0 Å². The summed E-state index contributed by atoms with van der Waals surface area (Å²) >= 11 is 0. The van der Waals surface area contributed by atoms with Crippen molar-refractivity contribution in [2.45, 2.75) is 55.0 Å². The zero-order valence-electron chi connectivity index (χ0n) is 14.7. The number of hydrogen-bond donors (Lipinski definition) is 0. The monoisotopic (exact) mass is 377 g/mol. The van der Waals surface area contributed by atoms with E-state index in [0.717, 1.165) is 25.7 Å². The largest absolute Gasteiger partial charge is 0.384 e. The van der Waals surface area contributed by atoms with Crippen molar-refractivity contribution >= 4 is 10.0 Å². The Kier molecular flexibility index (Phi) is 4.81. The Morgan fingerprint density at radius 3 is 2.54 bits per heavy atom. The lowest BCUT2D eigenvalue weighted by molar-refractivity contribution is 0.198. The lowest BCUT2D eigenvalue weighted by Gasteiger charge is -2.36. The number of rotatable bonds is 6. The summed E-state index contributed by atoms with van der Waals surface area (Å²) < 4.78 is 38.4. The highest BCUT2D eigenvalue weighted by atomic mass is 32.2. The van der Waals surface area contributed by atoms with Gasteiger partial charge in [-0.2, -0.15) is 9.29 Å². The van der Waals surface area contributed by atoms with Crippen LogP contribution in [0, 0.1) is 0 Å². The molecular formula is C18H23N3O4S. The topological polar surface area (TPSA) is 85.5 Å². The minimum Gasteiger partial charge on any atom is -0.384 e. The first-order chi connectivity index (χ1) is 12.6. The van der Waals surface area contributed by atoms with Gasteiger partial charge < -0.3 is 9.26 Å². The molecule has 1 unspecified atom stereocenters. The Bertz CT molecular complexity index is 838. The highest BCUT2D eigenvalue weighted by Gasteiger charge is 2.48. The SMILES string of the molecule is COCCc1noc(C2C[C@H]3CC[C@@H](C2)N3S(=O)(=O)c2ccccc2)n1. The molecule has 2 aliphatic rings. The molecule has 0 spiro atoms. The smallest absolute Gasteiger partial charge is 0.243 e. The van der Waals surface area contributed by atoms with Crippen molar-refractivity contribution in [2.75, 3.05) is 13.7 Å². The predicted octanol–water partition coefficient (Wildman–Crippen LogP) is 2.36. The summed E-state index contributed by atoms with van der Waals surface area (Å²) in [5, 5.41) is 4.02. The molecule has 2 aliphatic heterocycles. The van der Waals surface area contributed by atoms with Crippen LogP contribution in [0.15, 0.2) is 39.8 Å². The summed E-state index contributed by atoms with van der Waals surface area (Å²) in [6, 6.07) is 8.69. The van der Waals surface area contributed by atoms with Gasteiger partial charge in [0, 0.05) is 31.5 Å². The number of methoxy groups -OCH3 is 1. The van der Waals surface area contributed by atoms with Crippen LogP contribution in [0.5, 0.6) is 0 Å². The van der Waals surface area contributed by atoms with E-state index < -0.39 is 10.0 Å². The van der Waals surface area contributed by atoms with Crippen LogP contribution in [0.4, 0.5) is 0 Å². The molecule has 0 radical (unpaired) electrons. The Labute approximate surface area is 153 Å². The van der Waals surface area contributed by atoms with Gasteiger partial charge in [-0.1, -0.05) is 23.4 Å². The number of ether oxygens (including phenoxy) is 1. The maximum absolute atomic E-state index is 13.1. The van der Waals surface area contributed by atoms with E-state index in [4.69, 9.17) is 9.26 Å². The molecule has 4 rings (SSSR count). The Morgan fingerprint density at radius 2 is 1.88 bits per heavy atom. The second-order valence-corrected chi connectivity index (χ2v) is 8.84. The highest BCUT2D eigenvalue weighted by molar-refractivity contribution is 7.89. The van der Waals surface area contributed by atoms with Crippen molar-refractivity contribution in [3.8, 4) is 0 Å². The molecule has 8 heteroatoms. The van der Waals surface area contributed by atoms with Crippen LogP contribution in [-0.4, -0.2) is 48.7 Å². The fraction of sp³-hybridized carbons (Fsp3) is 0.556. The van der Waals surface area contributed by atoms with E-state index in [9.17, 15) is 8.42 Å². The quantitative estimate of drug-likeness (QED) is 0.768. The highest BCUT2D eigenvalue weighted by Crippen LogP contribution is 2.45. The molecule has 2 bridgehead atoms. The van der Waals surface area contributed by atoms with Gasteiger partial charge in [0.05, 0.1) is 11.5 Å². The molecule has 3 heterocycles. The molecule has 7 nitrogen and oxygen atoms in total. The van der Waals surface area contributed by atoms with E-state index in [1.165, 1.54) is 0 Å². The fourth-order valence-corrected chi connectivity index (χ4v) is 6.08. The summed E-state index contributed by atoms with van der Waals surface area (Å²) in [7, 11) is -1.82. The normalized spacial score (nSPS) is 26.3. The molecule has 26 heavy (non-hydrogen) atoms. The molecule has 1 aromatic carbocycles. The average Bonchev–Trinajstić information content (AvgIpc) is 3.24. The number of benzene rings is 1. The number of sulfonamides is 1. The van der Waals surface area contributed by atoms with E-state index >= 15 is 0 Å². The van der Waals surface area contributed by atoms with E-state index in [-0.39, 0.29) is 18.0 Å². The molecule has 2 fully saturated rings. The van der Waals surface area contributed by atoms with E-state index in [1.54, 1.807) is 35.7 Å². The van der Waals surface area contributed by atoms with Gasteiger partial charge in [-0.25, -0.2) is 8.42 Å². The number of piperidine rings is 1. The first-order valence-electron chi connectivity index (χ1n) is 8.99. The molecule has 0 aliphatic carbocycles. The van der Waals surface area contributed by atoms with Crippen LogP contribution in [0.3, 0.4) is 0 Å². The summed E-state index contributed by atoms with van der Waals surface area (Å²) in [6.45, 7) is 0.554. The van der Waals surface area contributed by atoms with E-state index in [1.807, 2.05) is 6.07 Å². The number of aromatic nitrogens is 2. The lowest BCUT2D eigenvalue weighted by atomic mass is 9.92. The third kappa shape index (κ3) is 3.17. The van der Waals surface area contributed by atoms with Gasteiger partial charge in [-0.15, -0.1) is 0 Å². The molecule has 2 aromatic rings. The third-order valence-corrected chi connectivity index (χ3v) is 7.37. The molecule has 0 N–H and O–H groups in total. The molecule has 2 saturated heterocycles. The third-order valence-electron chi connectivity index (χ3n) is 5.35.